The number of nitrogens with one attached hydrogen (secondary N) is 2. The summed E-state index contributed by atoms with van der Waals surface area (Å²) in [6, 6.07) is 1.48. The molecule has 2 aromatic rings. The minimum Gasteiger partial charge on any atom is -0.492 e. The minimum atomic E-state index is -0.718. The quantitative estimate of drug-likeness (QED) is 0.699. The maximum atomic E-state index is 13.0. The average molecular weight is 405 g/mol. The van der Waals surface area contributed by atoms with E-state index in [-0.39, 0.29) is 29.0 Å². The molecule has 0 bridgehead atoms. The van der Waals surface area contributed by atoms with Crippen LogP contribution in [0, 0.1) is 5.92 Å². The Kier molecular flexibility index (Phi) is 5.29. The maximum absolute atomic E-state index is 13.0. The van der Waals surface area contributed by atoms with Gasteiger partial charge in [0.05, 0.1) is 0 Å². The van der Waals surface area contributed by atoms with E-state index < -0.39 is 29.0 Å². The van der Waals surface area contributed by atoms with Gasteiger partial charge in [-0.3, -0.25) is 19.5 Å². The second-order valence-electron chi connectivity index (χ2n) is 8.68. The zero-order chi connectivity index (χ0) is 21.5. The van der Waals surface area contributed by atoms with E-state index in [1.807, 2.05) is 13.8 Å². The number of nitrogens with zero attached hydrogens (tertiary/aromatic N) is 3. The van der Waals surface area contributed by atoms with E-state index in [1.54, 1.807) is 20.8 Å². The van der Waals surface area contributed by atoms with E-state index >= 15 is 0 Å². The number of carbonyl (C=O) groups excluding carboxylic acids is 2. The summed E-state index contributed by atoms with van der Waals surface area (Å²) in [6.45, 7) is 9.35. The van der Waals surface area contributed by atoms with Crippen molar-refractivity contribution in [2.45, 2.75) is 65.6 Å². The largest absolute Gasteiger partial charge is 0.492 e. The van der Waals surface area contributed by atoms with Crippen molar-refractivity contribution in [3.63, 3.8) is 0 Å². The molecule has 0 atom stereocenters. The van der Waals surface area contributed by atoms with Crippen molar-refractivity contribution >= 4 is 23.5 Å². The molecule has 10 heteroatoms. The van der Waals surface area contributed by atoms with E-state index in [2.05, 4.69) is 15.7 Å². The highest BCUT2D eigenvalue weighted by molar-refractivity contribution is 5.96. The molecule has 1 fully saturated rings. The number of rotatable bonds is 5. The monoisotopic (exact) mass is 405 g/mol. The molecule has 29 heavy (non-hydrogen) atoms. The molecule has 0 radical (unpaired) electrons. The Labute approximate surface area is 167 Å². The van der Waals surface area contributed by atoms with Crippen molar-refractivity contribution in [2.24, 2.45) is 5.92 Å². The van der Waals surface area contributed by atoms with Crippen LogP contribution in [0.5, 0.6) is 5.88 Å². The molecule has 0 saturated heterocycles. The molecule has 0 aliphatic heterocycles. The number of aromatic hydroxyl groups is 1. The summed E-state index contributed by atoms with van der Waals surface area (Å²) in [5, 5.41) is 20.0. The van der Waals surface area contributed by atoms with Crippen molar-refractivity contribution < 1.29 is 19.4 Å². The number of ether oxygens (including phenoxy) is 1. The van der Waals surface area contributed by atoms with Gasteiger partial charge in [-0.25, -0.2) is 4.79 Å². The van der Waals surface area contributed by atoms with Crippen molar-refractivity contribution in [1.29, 1.82) is 0 Å². The molecule has 2 heterocycles. The van der Waals surface area contributed by atoms with Gasteiger partial charge in [-0.15, -0.1) is 5.10 Å². The van der Waals surface area contributed by atoms with Crippen LogP contribution in [-0.4, -0.2) is 42.9 Å². The van der Waals surface area contributed by atoms with E-state index in [9.17, 15) is 19.5 Å². The van der Waals surface area contributed by atoms with Gasteiger partial charge >= 0.3 is 6.09 Å². The van der Waals surface area contributed by atoms with Crippen LogP contribution in [-0.2, 0) is 11.3 Å². The Hall–Kier alpha value is -3.04. The number of fused-ring (bicyclic) bond motifs is 1. The fourth-order valence-corrected chi connectivity index (χ4v) is 2.85. The third kappa shape index (κ3) is 4.69. The van der Waals surface area contributed by atoms with Gasteiger partial charge in [-0.1, -0.05) is 13.8 Å². The summed E-state index contributed by atoms with van der Waals surface area (Å²) in [5.74, 6) is -1.02. The van der Waals surface area contributed by atoms with Gasteiger partial charge in [0.25, 0.3) is 11.5 Å². The van der Waals surface area contributed by atoms with Gasteiger partial charge in [-0.2, -0.15) is 4.52 Å². The molecular weight excluding hydrogens is 378 g/mol. The van der Waals surface area contributed by atoms with Gasteiger partial charge in [0, 0.05) is 18.7 Å². The van der Waals surface area contributed by atoms with Crippen molar-refractivity contribution in [3.8, 4) is 5.88 Å². The third-order valence-corrected chi connectivity index (χ3v) is 4.17. The predicted molar refractivity (Wildman–Crippen MR) is 106 cm³/mol. The zero-order valence-corrected chi connectivity index (χ0v) is 17.3. The van der Waals surface area contributed by atoms with Crippen LogP contribution < -0.4 is 16.2 Å². The number of hydrogen-bond donors (Lipinski definition) is 3. The summed E-state index contributed by atoms with van der Waals surface area (Å²) in [6.07, 6.45) is 0.978. The Morgan fingerprint density at radius 2 is 2.00 bits per heavy atom. The number of amides is 2. The van der Waals surface area contributed by atoms with E-state index in [0.717, 1.165) is 17.4 Å². The molecule has 10 nitrogen and oxygen atoms in total. The smallest absolute Gasteiger partial charge is 0.413 e. The first-order chi connectivity index (χ1) is 13.5. The van der Waals surface area contributed by atoms with E-state index in [0.29, 0.717) is 6.54 Å². The normalized spacial score (nSPS) is 14.3. The first kappa shape index (κ1) is 20.7. The average Bonchev–Trinajstić information content (AvgIpc) is 3.26. The minimum absolute atomic E-state index is 0.0255. The Morgan fingerprint density at radius 1 is 1.34 bits per heavy atom. The van der Waals surface area contributed by atoms with Crippen molar-refractivity contribution in [2.75, 3.05) is 5.32 Å². The van der Waals surface area contributed by atoms with Crippen molar-refractivity contribution in [1.82, 2.24) is 19.5 Å². The Balaban J connectivity index is 2.06. The van der Waals surface area contributed by atoms with E-state index in [1.165, 1.54) is 10.6 Å². The molecular formula is C19H27N5O5. The van der Waals surface area contributed by atoms with Crippen LogP contribution in [0.3, 0.4) is 0 Å². The molecule has 1 saturated carbocycles. The second-order valence-corrected chi connectivity index (χ2v) is 8.68. The van der Waals surface area contributed by atoms with Crippen LogP contribution in [0.2, 0.25) is 0 Å². The van der Waals surface area contributed by atoms with Gasteiger partial charge in [-0.05, 0) is 39.5 Å². The Bertz CT molecular complexity index is 1010. The number of aromatic nitrogens is 3. The summed E-state index contributed by atoms with van der Waals surface area (Å²) < 4.78 is 7.66. The van der Waals surface area contributed by atoms with Crippen LogP contribution in [0.15, 0.2) is 10.9 Å². The molecule has 3 rings (SSSR count). The molecule has 0 aromatic carbocycles. The highest BCUT2D eigenvalue weighted by Gasteiger charge is 2.29. The lowest BCUT2D eigenvalue weighted by Gasteiger charge is -2.18. The standard InChI is InChI=1S/C19H27N5O5/c1-10(2)9-23-13-8-12(21-18(28)29-19(3,4)5)22-24(13)17(27)14(16(23)26)15(25)20-11-6-7-11/h8,10-11,27H,6-7,9H2,1-5H3,(H,20,25)(H,21,22,28). The summed E-state index contributed by atoms with van der Waals surface area (Å²) in [5.41, 5.74) is -1.41. The number of carbonyl (C=O) groups is 2. The first-order valence-corrected chi connectivity index (χ1v) is 9.62. The van der Waals surface area contributed by atoms with E-state index in [4.69, 9.17) is 4.74 Å². The van der Waals surface area contributed by atoms with Gasteiger partial charge in [0.15, 0.2) is 11.4 Å². The van der Waals surface area contributed by atoms with Crippen molar-refractivity contribution in [3.05, 3.63) is 22.0 Å². The molecule has 158 valence electrons. The topological polar surface area (TPSA) is 127 Å². The molecule has 3 N–H and O–H groups in total. The Morgan fingerprint density at radius 3 is 2.55 bits per heavy atom. The molecule has 2 aromatic heterocycles. The lowest BCUT2D eigenvalue weighted by atomic mass is 10.2. The summed E-state index contributed by atoms with van der Waals surface area (Å²) >= 11 is 0. The third-order valence-electron chi connectivity index (χ3n) is 4.17. The lowest BCUT2D eigenvalue weighted by Crippen LogP contribution is -2.36. The molecule has 1 aliphatic rings. The summed E-state index contributed by atoms with van der Waals surface area (Å²) in [4.78, 5) is 37.6. The maximum Gasteiger partial charge on any atom is 0.413 e. The van der Waals surface area contributed by atoms with Gasteiger partial charge in [0.1, 0.15) is 11.2 Å². The fraction of sp³-hybridized carbons (Fsp3) is 0.579. The fourth-order valence-electron chi connectivity index (χ4n) is 2.85. The molecule has 0 unspecified atom stereocenters. The van der Waals surface area contributed by atoms with Crippen LogP contribution in [0.4, 0.5) is 10.6 Å². The molecule has 0 spiro atoms. The second kappa shape index (κ2) is 7.41. The van der Waals surface area contributed by atoms with Crippen LogP contribution in [0.25, 0.3) is 5.65 Å². The van der Waals surface area contributed by atoms with Gasteiger partial charge < -0.3 is 15.2 Å². The lowest BCUT2D eigenvalue weighted by molar-refractivity contribution is 0.0635. The molecule has 1 aliphatic carbocycles. The number of anilines is 1. The zero-order valence-electron chi connectivity index (χ0n) is 17.3. The summed E-state index contributed by atoms with van der Waals surface area (Å²) in [7, 11) is 0. The van der Waals surface area contributed by atoms with Crippen LogP contribution in [0.1, 0.15) is 57.8 Å². The SMILES string of the molecule is CC(C)Cn1c(=O)c(C(=O)NC2CC2)c(O)n2nc(NC(=O)OC(C)(C)C)cc12. The predicted octanol–water partition coefficient (Wildman–Crippen LogP) is 2.10. The number of hydrogen-bond acceptors (Lipinski definition) is 6. The van der Waals surface area contributed by atoms with Gasteiger partial charge in [0.2, 0.25) is 5.88 Å². The van der Waals surface area contributed by atoms with Crippen LogP contribution >= 0.6 is 0 Å². The highest BCUT2D eigenvalue weighted by atomic mass is 16.6. The first-order valence-electron chi connectivity index (χ1n) is 9.62. The molecule has 2 amide bonds. The highest BCUT2D eigenvalue weighted by Crippen LogP contribution is 2.23.